The highest BCUT2D eigenvalue weighted by atomic mass is 19.2. The van der Waals surface area contributed by atoms with Crippen LogP contribution in [0.2, 0.25) is 0 Å². The van der Waals surface area contributed by atoms with Crippen molar-refractivity contribution in [2.24, 2.45) is 11.8 Å². The molecule has 43 heavy (non-hydrogen) atoms. The first-order chi connectivity index (χ1) is 20.7. The molecule has 1 aromatic carbocycles. The van der Waals surface area contributed by atoms with Crippen LogP contribution in [0.5, 0.6) is 0 Å². The van der Waals surface area contributed by atoms with Gasteiger partial charge in [-0.15, -0.1) is 10.2 Å². The fraction of sp³-hybridized carbons (Fsp3) is 0.483. The first-order valence-electron chi connectivity index (χ1n) is 14.4. The molecule has 5 atom stereocenters. The maximum absolute atomic E-state index is 14.2. The summed E-state index contributed by atoms with van der Waals surface area (Å²) in [6, 6.07) is 4.05. The Bertz CT molecular complexity index is 1510. The molecule has 1 unspecified atom stereocenters. The van der Waals surface area contributed by atoms with E-state index in [2.05, 4.69) is 36.6 Å². The zero-order chi connectivity index (χ0) is 30.7. The topological polar surface area (TPSA) is 164 Å². The van der Waals surface area contributed by atoms with E-state index < -0.39 is 53.8 Å². The maximum Gasteiger partial charge on any atom is 0.243 e. The summed E-state index contributed by atoms with van der Waals surface area (Å²) in [6.45, 7) is 4.06. The van der Waals surface area contributed by atoms with Gasteiger partial charge in [-0.05, 0) is 36.5 Å². The van der Waals surface area contributed by atoms with Crippen LogP contribution < -0.4 is 16.0 Å². The first-order valence-corrected chi connectivity index (χ1v) is 14.4. The molecule has 2 aromatic heterocycles. The van der Waals surface area contributed by atoms with Crippen LogP contribution in [0.15, 0.2) is 30.5 Å². The van der Waals surface area contributed by atoms with E-state index in [0.29, 0.717) is 31.6 Å². The number of H-pyrrole nitrogens is 1. The fourth-order valence-corrected chi connectivity index (χ4v) is 5.95. The Hall–Kier alpha value is -4.49. The molecule has 14 heteroatoms. The maximum atomic E-state index is 14.2. The van der Waals surface area contributed by atoms with E-state index in [4.69, 9.17) is 0 Å². The van der Waals surface area contributed by atoms with Gasteiger partial charge in [-0.3, -0.25) is 19.2 Å². The molecule has 0 bridgehead atoms. The number of aromatic nitrogens is 5. The number of rotatable bonds is 10. The molecule has 2 aliphatic rings. The van der Waals surface area contributed by atoms with Gasteiger partial charge in [-0.25, -0.2) is 8.78 Å². The number of benzene rings is 1. The number of ketones is 1. The number of hydrogen-bond acceptors (Lipinski definition) is 7. The number of tetrazole rings is 1. The van der Waals surface area contributed by atoms with Crippen LogP contribution in [0, 0.1) is 23.5 Å². The number of amides is 3. The smallest absolute Gasteiger partial charge is 0.243 e. The molecule has 3 amide bonds. The highest BCUT2D eigenvalue weighted by Gasteiger charge is 2.43. The van der Waals surface area contributed by atoms with Gasteiger partial charge in [-0.2, -0.15) is 5.21 Å². The lowest BCUT2D eigenvalue weighted by Crippen LogP contribution is -2.55. The highest BCUT2D eigenvalue weighted by Crippen LogP contribution is 2.38. The Morgan fingerprint density at radius 1 is 1.21 bits per heavy atom. The normalized spacial score (nSPS) is 20.8. The Morgan fingerprint density at radius 2 is 2.02 bits per heavy atom. The molecule has 1 aliphatic heterocycles. The molecule has 0 saturated heterocycles. The van der Waals surface area contributed by atoms with Crippen LogP contribution >= 0.6 is 0 Å². The summed E-state index contributed by atoms with van der Waals surface area (Å²) in [6.07, 6.45) is 3.12. The van der Waals surface area contributed by atoms with E-state index in [-0.39, 0.29) is 36.1 Å². The second-order valence-corrected chi connectivity index (χ2v) is 11.2. The molecule has 0 saturated carbocycles. The van der Waals surface area contributed by atoms with Crippen LogP contribution in [0.3, 0.4) is 0 Å². The van der Waals surface area contributed by atoms with Crippen molar-refractivity contribution >= 4 is 23.5 Å². The average Bonchev–Trinajstić information content (AvgIpc) is 3.63. The van der Waals surface area contributed by atoms with Crippen LogP contribution in [0.1, 0.15) is 61.7 Å². The van der Waals surface area contributed by atoms with Gasteiger partial charge in [0.25, 0.3) is 0 Å². The predicted octanol–water partition coefficient (Wildman–Crippen LogP) is 1.47. The molecule has 0 fully saturated rings. The minimum atomic E-state index is -1.10. The standard InChI is InChI=1S/C29H34F2N8O4/c1-3-15(2)26(34-23(41)12-17-5-4-6-19(30)25(17)31)29(43)33-20-8-7-16-9-10-39-14-18(11-21(40)24(20)27(16)39)28(42)32-13-22-35-37-38-36-22/h4-6,9-10,15,18,20,24,26H,3,7-8,11-14H2,1-2H3,(H,32,42)(H,33,43)(H,34,41)(H,35,36,37,38)/t15-,18-,20-,24?,26-/m0/s1. The summed E-state index contributed by atoms with van der Waals surface area (Å²) in [5.41, 5.74) is 1.68. The van der Waals surface area contributed by atoms with Crippen LogP contribution in [0.25, 0.3) is 0 Å². The fourth-order valence-electron chi connectivity index (χ4n) is 5.95. The zero-order valence-electron chi connectivity index (χ0n) is 23.9. The number of Topliss-reactive ketones (excluding diaryl/α,β-unsaturated/α-hetero) is 1. The summed E-state index contributed by atoms with van der Waals surface area (Å²) >= 11 is 0. The third-order valence-corrected chi connectivity index (χ3v) is 8.43. The molecule has 1 aliphatic carbocycles. The third-order valence-electron chi connectivity index (χ3n) is 8.43. The van der Waals surface area contributed by atoms with E-state index in [9.17, 15) is 28.0 Å². The van der Waals surface area contributed by atoms with Gasteiger partial charge in [0.15, 0.2) is 17.5 Å². The van der Waals surface area contributed by atoms with Gasteiger partial charge in [0.05, 0.1) is 24.8 Å². The first kappa shape index (κ1) is 30.0. The number of carbonyl (C=O) groups excluding carboxylic acids is 4. The van der Waals surface area contributed by atoms with Crippen molar-refractivity contribution in [2.75, 3.05) is 0 Å². The van der Waals surface area contributed by atoms with Gasteiger partial charge in [0.2, 0.25) is 17.7 Å². The SMILES string of the molecule is CC[C@H](C)[C@H](NC(=O)Cc1cccc(F)c1F)C(=O)N[C@H]1CCc2ccn3c2C1C(=O)C[C@H](C(=O)NCc1nn[nH]n1)C3. The van der Waals surface area contributed by atoms with E-state index in [0.717, 1.165) is 17.3 Å². The van der Waals surface area contributed by atoms with Gasteiger partial charge in [-0.1, -0.05) is 37.6 Å². The summed E-state index contributed by atoms with van der Waals surface area (Å²) in [5, 5.41) is 21.9. The Balaban J connectivity index is 1.30. The molecule has 228 valence electrons. The molecular weight excluding hydrogens is 562 g/mol. The van der Waals surface area contributed by atoms with Crippen molar-refractivity contribution in [1.29, 1.82) is 0 Å². The van der Waals surface area contributed by atoms with E-state index in [1.54, 1.807) is 0 Å². The molecular formula is C29H34F2N8O4. The number of nitrogens with zero attached hydrogens (tertiary/aromatic N) is 4. The van der Waals surface area contributed by atoms with Gasteiger partial charge < -0.3 is 20.5 Å². The van der Waals surface area contributed by atoms with E-state index in [1.165, 1.54) is 12.1 Å². The Labute approximate surface area is 246 Å². The van der Waals surface area contributed by atoms with Crippen molar-refractivity contribution in [3.8, 4) is 0 Å². The zero-order valence-corrected chi connectivity index (χ0v) is 23.9. The third kappa shape index (κ3) is 6.47. The van der Waals surface area contributed by atoms with Crippen molar-refractivity contribution < 1.29 is 28.0 Å². The molecule has 3 heterocycles. The number of hydrogen-bond donors (Lipinski definition) is 4. The second kappa shape index (κ2) is 12.8. The summed E-state index contributed by atoms with van der Waals surface area (Å²) in [4.78, 5) is 53.2. The largest absolute Gasteiger partial charge is 0.350 e. The minimum absolute atomic E-state index is 0.0129. The highest BCUT2D eigenvalue weighted by molar-refractivity contribution is 5.93. The van der Waals surface area contributed by atoms with Crippen molar-refractivity contribution in [3.63, 3.8) is 0 Å². The number of aryl methyl sites for hydroxylation is 1. The number of halogens is 2. The van der Waals surface area contributed by atoms with Gasteiger partial charge >= 0.3 is 0 Å². The predicted molar refractivity (Wildman–Crippen MR) is 148 cm³/mol. The lowest BCUT2D eigenvalue weighted by Gasteiger charge is -2.34. The van der Waals surface area contributed by atoms with E-state index >= 15 is 0 Å². The molecule has 4 N–H and O–H groups in total. The molecule has 0 spiro atoms. The summed E-state index contributed by atoms with van der Waals surface area (Å²) in [7, 11) is 0. The van der Waals surface area contributed by atoms with Crippen molar-refractivity contribution in [1.82, 2.24) is 41.1 Å². The van der Waals surface area contributed by atoms with Crippen molar-refractivity contribution in [3.05, 3.63) is 64.7 Å². The van der Waals surface area contributed by atoms with Crippen LogP contribution in [-0.2, 0) is 45.1 Å². The van der Waals surface area contributed by atoms with Crippen LogP contribution in [0.4, 0.5) is 8.78 Å². The Morgan fingerprint density at radius 3 is 2.77 bits per heavy atom. The van der Waals surface area contributed by atoms with Gasteiger partial charge in [0.1, 0.15) is 11.8 Å². The minimum Gasteiger partial charge on any atom is -0.350 e. The molecule has 0 radical (unpaired) electrons. The lowest BCUT2D eigenvalue weighted by atomic mass is 9.79. The quantitative estimate of drug-likeness (QED) is 0.275. The average molecular weight is 597 g/mol. The van der Waals surface area contributed by atoms with E-state index in [1.807, 2.05) is 30.7 Å². The number of aromatic amines is 1. The van der Waals surface area contributed by atoms with Crippen LogP contribution in [-0.4, -0.2) is 60.8 Å². The lowest BCUT2D eigenvalue weighted by molar-refractivity contribution is -0.132. The number of carbonyl (C=O) groups is 4. The second-order valence-electron chi connectivity index (χ2n) is 11.2. The number of nitrogens with one attached hydrogen (secondary N) is 4. The molecule has 5 rings (SSSR count). The Kier molecular flexibility index (Phi) is 8.92. The summed E-state index contributed by atoms with van der Waals surface area (Å²) < 4.78 is 29.7. The molecule has 3 aromatic rings. The van der Waals surface area contributed by atoms with Gasteiger partial charge in [0, 0.05) is 36.5 Å². The molecule has 12 nitrogen and oxygen atoms in total. The monoisotopic (exact) mass is 596 g/mol. The summed E-state index contributed by atoms with van der Waals surface area (Å²) in [5.74, 6) is -4.95. The van der Waals surface area contributed by atoms with Crippen molar-refractivity contribution in [2.45, 2.75) is 77.0 Å².